The average Bonchev–Trinajstić information content (AvgIpc) is 3.21. The predicted molar refractivity (Wildman–Crippen MR) is 264 cm³/mol. The third-order valence-corrected chi connectivity index (χ3v) is 11.4. The molecule has 0 aliphatic carbocycles. The minimum absolute atomic E-state index is 0.0743. The van der Waals surface area contributed by atoms with Gasteiger partial charge in [-0.3, -0.25) is 0 Å². The highest BCUT2D eigenvalue weighted by Crippen LogP contribution is 2.36. The Morgan fingerprint density at radius 2 is 0.646 bits per heavy atom. The summed E-state index contributed by atoms with van der Waals surface area (Å²) in [5.41, 5.74) is 6.77. The highest BCUT2D eigenvalue weighted by atomic mass is 16.6. The number of hydrogen-bond acceptors (Lipinski definition) is 8. The molecule has 0 radical (unpaired) electrons. The zero-order chi connectivity index (χ0) is 48.7. The smallest absolute Gasteiger partial charge is 0.333 e. The van der Waals surface area contributed by atoms with Gasteiger partial charge in [0.1, 0.15) is 49.4 Å². The molecule has 0 heterocycles. The number of carbonyl (C=O) groups excluding carboxylic acids is 2. The number of hydrogen-bond donors (Lipinski definition) is 0. The molecular weight excluding hydrogens is 813 g/mol. The van der Waals surface area contributed by atoms with E-state index < -0.39 is 24.1 Å². The summed E-state index contributed by atoms with van der Waals surface area (Å²) in [5.74, 6) is 1.71. The summed E-state index contributed by atoms with van der Waals surface area (Å²) < 4.78 is 36.6. The molecule has 0 saturated carbocycles. The van der Waals surface area contributed by atoms with Crippen LogP contribution in [0.25, 0.3) is 0 Å². The Hall–Kier alpha value is -5.50. The van der Waals surface area contributed by atoms with E-state index in [2.05, 4.69) is 146 Å². The van der Waals surface area contributed by atoms with Crippen LogP contribution in [0.2, 0.25) is 0 Å². The fourth-order valence-electron chi connectivity index (χ4n) is 6.69. The van der Waals surface area contributed by atoms with Gasteiger partial charge >= 0.3 is 11.9 Å². The normalized spacial score (nSPS) is 13.3. The molecule has 0 bridgehead atoms. The van der Waals surface area contributed by atoms with Crippen LogP contribution in [0.15, 0.2) is 109 Å². The van der Waals surface area contributed by atoms with Gasteiger partial charge in [0.2, 0.25) is 0 Å². The van der Waals surface area contributed by atoms with E-state index in [-0.39, 0.29) is 53.5 Å². The lowest BCUT2D eigenvalue weighted by Crippen LogP contribution is -2.31. The van der Waals surface area contributed by atoms with Gasteiger partial charge in [-0.25, -0.2) is 9.59 Å². The minimum Gasteiger partial charge on any atom is -0.490 e. The van der Waals surface area contributed by atoms with Crippen LogP contribution in [0.5, 0.6) is 23.0 Å². The second kappa shape index (κ2) is 20.8. The van der Waals surface area contributed by atoms with Crippen molar-refractivity contribution < 1.29 is 38.0 Å². The number of benzene rings is 4. The van der Waals surface area contributed by atoms with Crippen LogP contribution >= 0.6 is 0 Å². The van der Waals surface area contributed by atoms with Crippen molar-refractivity contribution in [3.8, 4) is 23.0 Å². The Kier molecular flexibility index (Phi) is 16.7. The molecule has 4 aromatic carbocycles. The fraction of sp³-hybridized carbons (Fsp3) is 0.474. The Bertz CT molecular complexity index is 2040. The summed E-state index contributed by atoms with van der Waals surface area (Å²) in [7, 11) is 0. The Morgan fingerprint density at radius 3 is 0.877 bits per heavy atom. The summed E-state index contributed by atoms with van der Waals surface area (Å²) in [4.78, 5) is 25.3. The molecule has 0 spiro atoms. The van der Waals surface area contributed by atoms with E-state index in [1.807, 2.05) is 48.5 Å². The largest absolute Gasteiger partial charge is 0.490 e. The first-order chi connectivity index (χ1) is 29.9. The van der Waals surface area contributed by atoms with E-state index in [0.717, 1.165) is 22.6 Å². The number of rotatable bonds is 18. The van der Waals surface area contributed by atoms with E-state index in [4.69, 9.17) is 28.4 Å². The third kappa shape index (κ3) is 15.3. The van der Waals surface area contributed by atoms with Crippen LogP contribution in [0.4, 0.5) is 0 Å². The molecule has 0 saturated heterocycles. The molecule has 0 N–H and O–H groups in total. The predicted octanol–water partition coefficient (Wildman–Crippen LogP) is 13.1. The molecular formula is C57H76O8. The van der Waals surface area contributed by atoms with E-state index in [0.29, 0.717) is 22.6 Å². The van der Waals surface area contributed by atoms with E-state index in [1.54, 1.807) is 13.8 Å². The molecule has 0 aliphatic heterocycles. The zero-order valence-corrected chi connectivity index (χ0v) is 42.2. The van der Waals surface area contributed by atoms with Crippen molar-refractivity contribution in [1.82, 2.24) is 0 Å². The monoisotopic (exact) mass is 889 g/mol. The number of carbonyl (C=O) groups is 2. The number of ether oxygens (including phenoxy) is 6. The summed E-state index contributed by atoms with van der Waals surface area (Å²) in [6.07, 6.45) is -1.36. The minimum atomic E-state index is -0.680. The maximum atomic E-state index is 12.7. The van der Waals surface area contributed by atoms with Crippen molar-refractivity contribution in [2.24, 2.45) is 0 Å². The van der Waals surface area contributed by atoms with Gasteiger partial charge in [-0.1, -0.05) is 146 Å². The molecule has 2 unspecified atom stereocenters. The van der Waals surface area contributed by atoms with Gasteiger partial charge in [0.25, 0.3) is 0 Å². The molecule has 4 rings (SSSR count). The van der Waals surface area contributed by atoms with Crippen molar-refractivity contribution in [3.05, 3.63) is 143 Å². The molecule has 0 aliphatic rings. The van der Waals surface area contributed by atoms with Gasteiger partial charge in [-0.05, 0) is 117 Å². The zero-order valence-electron chi connectivity index (χ0n) is 42.2. The van der Waals surface area contributed by atoms with Crippen molar-refractivity contribution >= 4 is 11.9 Å². The van der Waals surface area contributed by atoms with E-state index in [9.17, 15) is 9.59 Å². The Morgan fingerprint density at radius 1 is 0.400 bits per heavy atom. The first kappa shape index (κ1) is 52.1. The lowest BCUT2D eigenvalue weighted by Gasteiger charge is -2.27. The summed E-state index contributed by atoms with van der Waals surface area (Å²) in [5, 5.41) is 0. The number of esters is 2. The van der Waals surface area contributed by atoms with Gasteiger partial charge in [0.15, 0.2) is 12.2 Å². The molecule has 0 amide bonds. The van der Waals surface area contributed by atoms with Gasteiger partial charge < -0.3 is 28.4 Å². The topological polar surface area (TPSA) is 89.5 Å². The molecule has 8 heteroatoms. The van der Waals surface area contributed by atoms with Crippen LogP contribution in [0, 0.1) is 0 Å². The highest BCUT2D eigenvalue weighted by molar-refractivity contribution is 5.87. The first-order valence-electron chi connectivity index (χ1n) is 22.7. The molecule has 0 aromatic heterocycles. The summed E-state index contributed by atoms with van der Waals surface area (Å²) >= 11 is 0. The SMILES string of the molecule is C=C(C)C(=O)OC(COc1ccc(C(C)(C)c2ccc(OCC(COc3cc(C(C)(C)C)cc(C(C)(C)C)c3)OC(=O)C(=C)C)cc2)cc1)COc1cc(C(C)(C)C)cc(C(C)(C)C)c1. The summed E-state index contributed by atoms with van der Waals surface area (Å²) in [6.45, 7) is 41.7. The Labute approximate surface area is 390 Å². The standard InChI is InChI=1S/C57H76O8/c1-37(2)51(58)64-49(35-62-47-29-41(53(5,6)7)27-42(30-47)54(8,9)10)33-60-45-23-19-39(20-24-45)57(17,18)40-21-25-46(26-22-40)61-34-50(65-52(59)38(3)4)36-63-48-31-43(55(11,12)13)28-44(32-48)56(14,15)16/h19-32,49-50H,1,3,33-36H2,2,4-18H3. The van der Waals surface area contributed by atoms with Gasteiger partial charge in [0, 0.05) is 16.6 Å². The van der Waals surface area contributed by atoms with Gasteiger partial charge in [0.05, 0.1) is 0 Å². The van der Waals surface area contributed by atoms with Crippen LogP contribution < -0.4 is 18.9 Å². The van der Waals surface area contributed by atoms with Crippen molar-refractivity contribution in [2.75, 3.05) is 26.4 Å². The Balaban J connectivity index is 1.43. The molecule has 352 valence electrons. The maximum Gasteiger partial charge on any atom is 0.333 e. The molecule has 65 heavy (non-hydrogen) atoms. The second-order valence-electron chi connectivity index (χ2n) is 22.0. The summed E-state index contributed by atoms with van der Waals surface area (Å²) in [6, 6.07) is 28.6. The van der Waals surface area contributed by atoms with Crippen LogP contribution in [-0.4, -0.2) is 50.6 Å². The van der Waals surface area contributed by atoms with Crippen molar-refractivity contribution in [3.63, 3.8) is 0 Å². The van der Waals surface area contributed by atoms with Gasteiger partial charge in [-0.15, -0.1) is 0 Å². The molecule has 0 fully saturated rings. The first-order valence-corrected chi connectivity index (χ1v) is 22.7. The average molecular weight is 889 g/mol. The highest BCUT2D eigenvalue weighted by Gasteiger charge is 2.27. The molecule has 4 aromatic rings. The lowest BCUT2D eigenvalue weighted by atomic mass is 9.78. The second-order valence-corrected chi connectivity index (χ2v) is 22.0. The van der Waals surface area contributed by atoms with Crippen molar-refractivity contribution in [1.29, 1.82) is 0 Å². The quantitative estimate of drug-likeness (QED) is 0.0721. The third-order valence-electron chi connectivity index (χ3n) is 11.4. The van der Waals surface area contributed by atoms with Crippen LogP contribution in [0.1, 0.15) is 144 Å². The van der Waals surface area contributed by atoms with Gasteiger partial charge in [-0.2, -0.15) is 0 Å². The lowest BCUT2D eigenvalue weighted by molar-refractivity contribution is -0.148. The maximum absolute atomic E-state index is 12.7. The van der Waals surface area contributed by atoms with Crippen molar-refractivity contribution in [2.45, 2.75) is 150 Å². The van der Waals surface area contributed by atoms with E-state index >= 15 is 0 Å². The van der Waals surface area contributed by atoms with Crippen LogP contribution in [-0.2, 0) is 46.1 Å². The van der Waals surface area contributed by atoms with E-state index in [1.165, 1.54) is 22.3 Å². The fourth-order valence-corrected chi connectivity index (χ4v) is 6.69. The molecule has 8 nitrogen and oxygen atoms in total. The van der Waals surface area contributed by atoms with Crippen LogP contribution in [0.3, 0.4) is 0 Å². The molecule has 2 atom stereocenters.